The van der Waals surface area contributed by atoms with Crippen LogP contribution in [0.2, 0.25) is 0 Å². The van der Waals surface area contributed by atoms with Gasteiger partial charge in [-0.05, 0) is 24.3 Å². The van der Waals surface area contributed by atoms with Gasteiger partial charge in [0.05, 0.1) is 24.1 Å². The Hall–Kier alpha value is -3.03. The van der Waals surface area contributed by atoms with E-state index < -0.39 is 23.6 Å². The third-order valence-electron chi connectivity index (χ3n) is 2.53. The summed E-state index contributed by atoms with van der Waals surface area (Å²) in [5.41, 5.74) is 0.163. The van der Waals surface area contributed by atoms with Crippen molar-refractivity contribution in [1.29, 1.82) is 0 Å². The fraction of sp³-hybridized carbons (Fsp3) is 0.0714. The quantitative estimate of drug-likeness (QED) is 0.809. The lowest BCUT2D eigenvalue weighted by Gasteiger charge is -2.09. The van der Waals surface area contributed by atoms with Gasteiger partial charge in [0.25, 0.3) is 0 Å². The molecule has 0 spiro atoms. The molecule has 22 heavy (non-hydrogen) atoms. The van der Waals surface area contributed by atoms with Gasteiger partial charge in [-0.15, -0.1) is 0 Å². The molecule has 1 heterocycles. The standard InChI is InChI=1S/C14H12F2N4O2/c15-9-3-4-11(16)12(6-9)20-14(22)18-8-13(21)19-10-2-1-5-17-7-10/h1-7H,8H2,(H,19,21)(H2,18,20,22). The Morgan fingerprint density at radius 3 is 2.68 bits per heavy atom. The van der Waals surface area contributed by atoms with Crippen molar-refractivity contribution in [1.82, 2.24) is 10.3 Å². The number of carbonyl (C=O) groups is 2. The maximum atomic E-state index is 13.3. The van der Waals surface area contributed by atoms with Crippen LogP contribution in [-0.2, 0) is 4.79 Å². The maximum Gasteiger partial charge on any atom is 0.319 e. The molecule has 0 fully saturated rings. The minimum Gasteiger partial charge on any atom is -0.329 e. The van der Waals surface area contributed by atoms with Gasteiger partial charge < -0.3 is 16.0 Å². The summed E-state index contributed by atoms with van der Waals surface area (Å²) in [7, 11) is 0. The number of pyridine rings is 1. The molecular formula is C14H12F2N4O2. The first-order valence-corrected chi connectivity index (χ1v) is 6.24. The fourth-order valence-corrected chi connectivity index (χ4v) is 1.56. The van der Waals surface area contributed by atoms with Crippen molar-refractivity contribution in [2.24, 2.45) is 0 Å². The zero-order chi connectivity index (χ0) is 15.9. The highest BCUT2D eigenvalue weighted by molar-refractivity contribution is 5.96. The number of carbonyl (C=O) groups excluding carboxylic acids is 2. The van der Waals surface area contributed by atoms with Crippen LogP contribution in [0.5, 0.6) is 0 Å². The molecule has 0 atom stereocenters. The highest BCUT2D eigenvalue weighted by atomic mass is 19.1. The molecule has 2 rings (SSSR count). The third kappa shape index (κ3) is 4.51. The molecule has 0 aliphatic heterocycles. The van der Waals surface area contributed by atoms with Crippen LogP contribution >= 0.6 is 0 Å². The molecule has 0 saturated carbocycles. The van der Waals surface area contributed by atoms with Gasteiger partial charge in [0, 0.05) is 12.3 Å². The van der Waals surface area contributed by atoms with E-state index in [0.29, 0.717) is 5.69 Å². The second kappa shape index (κ2) is 7.11. The van der Waals surface area contributed by atoms with Crippen molar-refractivity contribution < 1.29 is 18.4 Å². The Balaban J connectivity index is 1.82. The van der Waals surface area contributed by atoms with Crippen LogP contribution in [-0.4, -0.2) is 23.5 Å². The summed E-state index contributed by atoms with van der Waals surface area (Å²) in [6.45, 7) is -0.336. The zero-order valence-electron chi connectivity index (χ0n) is 11.3. The second-order valence-corrected chi connectivity index (χ2v) is 4.22. The first-order valence-electron chi connectivity index (χ1n) is 6.24. The van der Waals surface area contributed by atoms with Crippen LogP contribution in [0.1, 0.15) is 0 Å². The van der Waals surface area contributed by atoms with Crippen LogP contribution < -0.4 is 16.0 Å². The molecule has 3 N–H and O–H groups in total. The minimum atomic E-state index is -0.828. The highest BCUT2D eigenvalue weighted by Crippen LogP contribution is 2.14. The van der Waals surface area contributed by atoms with Crippen LogP contribution in [0.3, 0.4) is 0 Å². The average molecular weight is 306 g/mol. The third-order valence-corrected chi connectivity index (χ3v) is 2.53. The van der Waals surface area contributed by atoms with Gasteiger partial charge in [-0.3, -0.25) is 9.78 Å². The number of halogens is 2. The number of benzene rings is 1. The molecule has 2 aromatic rings. The van der Waals surface area contributed by atoms with Crippen LogP contribution in [0.15, 0.2) is 42.7 Å². The van der Waals surface area contributed by atoms with Crippen LogP contribution in [0, 0.1) is 11.6 Å². The Labute approximate surface area is 124 Å². The van der Waals surface area contributed by atoms with Gasteiger partial charge in [0.15, 0.2) is 0 Å². The largest absolute Gasteiger partial charge is 0.329 e. The number of aromatic nitrogens is 1. The number of urea groups is 1. The number of hydrogen-bond acceptors (Lipinski definition) is 3. The predicted molar refractivity (Wildman–Crippen MR) is 76.2 cm³/mol. The molecule has 3 amide bonds. The van der Waals surface area contributed by atoms with E-state index in [-0.39, 0.29) is 12.2 Å². The van der Waals surface area contributed by atoms with E-state index in [1.54, 1.807) is 18.3 Å². The topological polar surface area (TPSA) is 83.1 Å². The van der Waals surface area contributed by atoms with Gasteiger partial charge in [-0.25, -0.2) is 13.6 Å². The van der Waals surface area contributed by atoms with E-state index in [9.17, 15) is 18.4 Å². The predicted octanol–water partition coefficient (Wildman–Crippen LogP) is 2.12. The van der Waals surface area contributed by atoms with Crippen LogP contribution in [0.4, 0.5) is 25.0 Å². The van der Waals surface area contributed by atoms with Crippen molar-refractivity contribution in [3.05, 3.63) is 54.4 Å². The number of anilines is 2. The smallest absolute Gasteiger partial charge is 0.319 e. The van der Waals surface area contributed by atoms with Gasteiger partial charge in [-0.1, -0.05) is 0 Å². The summed E-state index contributed by atoms with van der Waals surface area (Å²) in [5, 5.41) is 6.84. The summed E-state index contributed by atoms with van der Waals surface area (Å²) in [6, 6.07) is 5.10. The van der Waals surface area contributed by atoms with Crippen molar-refractivity contribution in [3.8, 4) is 0 Å². The molecule has 114 valence electrons. The highest BCUT2D eigenvalue weighted by Gasteiger charge is 2.09. The van der Waals surface area contributed by atoms with Crippen LogP contribution in [0.25, 0.3) is 0 Å². The molecular weight excluding hydrogens is 294 g/mol. The van der Waals surface area contributed by atoms with E-state index in [2.05, 4.69) is 20.9 Å². The van der Waals surface area contributed by atoms with Crippen molar-refractivity contribution >= 4 is 23.3 Å². The number of nitrogens with zero attached hydrogens (tertiary/aromatic N) is 1. The summed E-state index contributed by atoms with van der Waals surface area (Å²) in [4.78, 5) is 26.9. The number of rotatable bonds is 4. The Morgan fingerprint density at radius 1 is 1.14 bits per heavy atom. The summed E-state index contributed by atoms with van der Waals surface area (Å²) < 4.78 is 26.3. The molecule has 8 heteroatoms. The summed E-state index contributed by atoms with van der Waals surface area (Å²) in [6.07, 6.45) is 3.00. The molecule has 0 aliphatic carbocycles. The van der Waals surface area contributed by atoms with E-state index in [1.807, 2.05) is 0 Å². The first kappa shape index (κ1) is 15.4. The molecule has 1 aromatic heterocycles. The summed E-state index contributed by atoms with van der Waals surface area (Å²) >= 11 is 0. The molecule has 6 nitrogen and oxygen atoms in total. The average Bonchev–Trinajstić information content (AvgIpc) is 2.50. The van der Waals surface area contributed by atoms with E-state index >= 15 is 0 Å². The molecule has 1 aromatic carbocycles. The molecule has 0 saturated heterocycles. The number of amides is 3. The maximum absolute atomic E-state index is 13.3. The monoisotopic (exact) mass is 306 g/mol. The lowest BCUT2D eigenvalue weighted by atomic mass is 10.3. The Morgan fingerprint density at radius 2 is 1.95 bits per heavy atom. The minimum absolute atomic E-state index is 0.315. The number of hydrogen-bond donors (Lipinski definition) is 3. The second-order valence-electron chi connectivity index (χ2n) is 4.22. The van der Waals surface area contributed by atoms with E-state index in [1.165, 1.54) is 6.20 Å². The number of nitrogens with one attached hydrogen (secondary N) is 3. The van der Waals surface area contributed by atoms with Crippen molar-refractivity contribution in [2.45, 2.75) is 0 Å². The molecule has 0 unspecified atom stereocenters. The SMILES string of the molecule is O=C(CNC(=O)Nc1cc(F)ccc1F)Nc1cccnc1. The van der Waals surface area contributed by atoms with Gasteiger partial charge in [-0.2, -0.15) is 0 Å². The van der Waals surface area contributed by atoms with E-state index in [0.717, 1.165) is 18.2 Å². The van der Waals surface area contributed by atoms with Gasteiger partial charge in [0.2, 0.25) is 5.91 Å². The Bertz CT molecular complexity index is 680. The molecule has 0 aliphatic rings. The normalized spacial score (nSPS) is 9.91. The van der Waals surface area contributed by atoms with Gasteiger partial charge >= 0.3 is 6.03 Å². The Kier molecular flexibility index (Phi) is 4.97. The molecule has 0 radical (unpaired) electrons. The van der Waals surface area contributed by atoms with Crippen molar-refractivity contribution in [2.75, 3.05) is 17.2 Å². The fourth-order valence-electron chi connectivity index (χ4n) is 1.56. The lowest BCUT2D eigenvalue weighted by molar-refractivity contribution is -0.115. The lowest BCUT2D eigenvalue weighted by Crippen LogP contribution is -2.36. The van der Waals surface area contributed by atoms with Crippen molar-refractivity contribution in [3.63, 3.8) is 0 Å². The summed E-state index contributed by atoms with van der Waals surface area (Å²) in [5.74, 6) is -1.95. The van der Waals surface area contributed by atoms with Gasteiger partial charge in [0.1, 0.15) is 11.6 Å². The van der Waals surface area contributed by atoms with E-state index in [4.69, 9.17) is 0 Å². The zero-order valence-corrected chi connectivity index (χ0v) is 11.3. The first-order chi connectivity index (χ1) is 10.5. The molecule has 0 bridgehead atoms.